The van der Waals surface area contributed by atoms with Crippen LogP contribution in [0.25, 0.3) is 0 Å². The lowest BCUT2D eigenvalue weighted by Gasteiger charge is -2.29. The Morgan fingerprint density at radius 2 is 1.68 bits per heavy atom. The normalized spacial score (nSPS) is 15.6. The Morgan fingerprint density at radius 1 is 1.04 bits per heavy atom. The summed E-state index contributed by atoms with van der Waals surface area (Å²) in [6.07, 6.45) is 1.29. The van der Waals surface area contributed by atoms with Crippen molar-refractivity contribution in [3.8, 4) is 0 Å². The molecule has 0 atom stereocenters. The second kappa shape index (κ2) is 8.47. The first-order chi connectivity index (χ1) is 13.2. The van der Waals surface area contributed by atoms with Gasteiger partial charge in [0.05, 0.1) is 0 Å². The minimum Gasteiger partial charge on any atom is -0.419 e. The molecular weight excluding hydrogens is 421 g/mol. The molecule has 0 aromatic heterocycles. The zero-order valence-electron chi connectivity index (χ0n) is 15.1. The molecule has 8 heteroatoms. The first-order valence-electron chi connectivity index (χ1n) is 8.34. The quantitative estimate of drug-likeness (QED) is 0.291. The number of thioether (sulfide) groups is 1. The van der Waals surface area contributed by atoms with Gasteiger partial charge < -0.3 is 14.8 Å². The topological polar surface area (TPSA) is 64.6 Å². The van der Waals surface area contributed by atoms with Crippen molar-refractivity contribution in [2.24, 2.45) is 0 Å². The van der Waals surface area contributed by atoms with E-state index in [-0.39, 0.29) is 5.57 Å². The van der Waals surface area contributed by atoms with E-state index in [4.69, 9.17) is 32.7 Å². The van der Waals surface area contributed by atoms with Gasteiger partial charge in [-0.1, -0.05) is 29.3 Å². The van der Waals surface area contributed by atoms with Crippen molar-refractivity contribution >= 4 is 52.6 Å². The van der Waals surface area contributed by atoms with Gasteiger partial charge in [-0.25, -0.2) is 9.59 Å². The van der Waals surface area contributed by atoms with E-state index in [9.17, 15) is 9.59 Å². The summed E-state index contributed by atoms with van der Waals surface area (Å²) in [5, 5.41) is 4.16. The average molecular weight is 438 g/mol. The molecule has 1 fully saturated rings. The molecule has 0 saturated carbocycles. The van der Waals surface area contributed by atoms with Crippen LogP contribution in [0, 0.1) is 0 Å². The highest BCUT2D eigenvalue weighted by Gasteiger charge is 2.38. The van der Waals surface area contributed by atoms with Crippen LogP contribution in [0.3, 0.4) is 0 Å². The van der Waals surface area contributed by atoms with Crippen molar-refractivity contribution in [1.29, 1.82) is 0 Å². The van der Waals surface area contributed by atoms with Crippen LogP contribution in [0.5, 0.6) is 0 Å². The molecule has 0 bridgehead atoms. The molecule has 28 heavy (non-hydrogen) atoms. The van der Waals surface area contributed by atoms with Gasteiger partial charge in [0.15, 0.2) is 5.57 Å². The van der Waals surface area contributed by atoms with Crippen LogP contribution < -0.4 is 5.32 Å². The molecule has 2 aromatic rings. The molecular formula is C20H17Cl2NO4S. The SMILES string of the molecule is CC1(C)OC(=O)C(=CNc2ccc(SCc3ccc(Cl)cc3Cl)cc2)C(=O)O1. The van der Waals surface area contributed by atoms with Crippen LogP contribution in [0.1, 0.15) is 19.4 Å². The number of ether oxygens (including phenoxy) is 2. The number of rotatable bonds is 5. The van der Waals surface area contributed by atoms with Crippen LogP contribution in [0.4, 0.5) is 5.69 Å². The van der Waals surface area contributed by atoms with Crippen LogP contribution in [-0.4, -0.2) is 17.7 Å². The molecule has 0 unspecified atom stereocenters. The molecule has 0 amide bonds. The van der Waals surface area contributed by atoms with Crippen LogP contribution in [0.15, 0.2) is 59.1 Å². The fraction of sp³-hybridized carbons (Fsp3) is 0.200. The van der Waals surface area contributed by atoms with Crippen molar-refractivity contribution in [3.63, 3.8) is 0 Å². The highest BCUT2D eigenvalue weighted by Crippen LogP contribution is 2.29. The van der Waals surface area contributed by atoms with Crippen LogP contribution in [0.2, 0.25) is 10.0 Å². The summed E-state index contributed by atoms with van der Waals surface area (Å²) in [5.41, 5.74) is 1.53. The molecule has 0 spiro atoms. The van der Waals surface area contributed by atoms with Crippen molar-refractivity contribution in [1.82, 2.24) is 0 Å². The molecule has 2 aromatic carbocycles. The lowest BCUT2D eigenvalue weighted by atomic mass is 10.2. The number of carbonyl (C=O) groups is 2. The van der Waals surface area contributed by atoms with Gasteiger partial charge in [-0.2, -0.15) is 0 Å². The predicted octanol–water partition coefficient (Wildman–Crippen LogP) is 5.42. The summed E-state index contributed by atoms with van der Waals surface area (Å²) < 4.78 is 10.1. The Morgan fingerprint density at radius 3 is 2.29 bits per heavy atom. The van der Waals surface area contributed by atoms with E-state index in [2.05, 4.69) is 5.32 Å². The van der Waals surface area contributed by atoms with Gasteiger partial charge in [0.2, 0.25) is 0 Å². The second-order valence-corrected chi connectivity index (χ2v) is 8.32. The van der Waals surface area contributed by atoms with Gasteiger partial charge in [0.1, 0.15) is 0 Å². The van der Waals surface area contributed by atoms with Crippen molar-refractivity contribution < 1.29 is 19.1 Å². The van der Waals surface area contributed by atoms with E-state index in [1.165, 1.54) is 20.0 Å². The number of nitrogens with one attached hydrogen (secondary N) is 1. The number of anilines is 1. The molecule has 146 valence electrons. The van der Waals surface area contributed by atoms with E-state index in [1.807, 2.05) is 36.4 Å². The maximum atomic E-state index is 11.9. The van der Waals surface area contributed by atoms with Gasteiger partial charge in [0.25, 0.3) is 5.79 Å². The standard InChI is InChI=1S/C20H17Cl2NO4S/c1-20(2)26-18(24)16(19(25)27-20)10-23-14-5-7-15(8-6-14)28-11-12-3-4-13(21)9-17(12)22/h3-10,23H,11H2,1-2H3. The van der Waals surface area contributed by atoms with Crippen LogP contribution in [-0.2, 0) is 24.8 Å². The zero-order valence-corrected chi connectivity index (χ0v) is 17.5. The summed E-state index contributed by atoms with van der Waals surface area (Å²) >= 11 is 13.7. The summed E-state index contributed by atoms with van der Waals surface area (Å²) in [6, 6.07) is 13.0. The minimum atomic E-state index is -1.25. The van der Waals surface area contributed by atoms with Gasteiger partial charge in [0, 0.05) is 46.4 Å². The lowest BCUT2D eigenvalue weighted by Crippen LogP contribution is -2.42. The molecule has 0 radical (unpaired) electrons. The summed E-state index contributed by atoms with van der Waals surface area (Å²) in [4.78, 5) is 24.9. The van der Waals surface area contributed by atoms with Gasteiger partial charge in [-0.3, -0.25) is 0 Å². The predicted molar refractivity (Wildman–Crippen MR) is 110 cm³/mol. The Balaban J connectivity index is 1.60. The molecule has 1 N–H and O–H groups in total. The Kier molecular flexibility index (Phi) is 6.23. The van der Waals surface area contributed by atoms with E-state index in [0.29, 0.717) is 21.5 Å². The van der Waals surface area contributed by atoms with Gasteiger partial charge >= 0.3 is 11.9 Å². The van der Waals surface area contributed by atoms with Crippen molar-refractivity contribution in [2.75, 3.05) is 5.32 Å². The lowest BCUT2D eigenvalue weighted by molar-refractivity contribution is -0.222. The Hall–Kier alpha value is -2.15. The summed E-state index contributed by atoms with van der Waals surface area (Å²) in [7, 11) is 0. The monoisotopic (exact) mass is 437 g/mol. The molecule has 1 saturated heterocycles. The fourth-order valence-electron chi connectivity index (χ4n) is 2.38. The maximum Gasteiger partial charge on any atom is 0.350 e. The number of halogens is 2. The van der Waals surface area contributed by atoms with E-state index in [1.54, 1.807) is 17.8 Å². The Labute approximate surface area is 177 Å². The third-order valence-corrected chi connectivity index (χ3v) is 5.41. The molecule has 5 nitrogen and oxygen atoms in total. The van der Waals surface area contributed by atoms with Crippen molar-refractivity contribution in [3.05, 3.63) is 69.8 Å². The smallest absolute Gasteiger partial charge is 0.350 e. The molecule has 1 aliphatic rings. The molecule has 1 aliphatic heterocycles. The average Bonchev–Trinajstić information content (AvgIpc) is 2.60. The maximum absolute atomic E-state index is 11.9. The third kappa shape index (κ3) is 5.22. The summed E-state index contributed by atoms with van der Waals surface area (Å²) in [5.74, 6) is -1.99. The largest absolute Gasteiger partial charge is 0.419 e. The molecule has 0 aliphatic carbocycles. The third-order valence-electron chi connectivity index (χ3n) is 3.76. The number of hydrogen-bond acceptors (Lipinski definition) is 6. The highest BCUT2D eigenvalue weighted by atomic mass is 35.5. The zero-order chi connectivity index (χ0) is 20.3. The van der Waals surface area contributed by atoms with Crippen molar-refractivity contribution in [2.45, 2.75) is 30.3 Å². The highest BCUT2D eigenvalue weighted by molar-refractivity contribution is 7.98. The Bertz CT molecular complexity index is 920. The summed E-state index contributed by atoms with van der Waals surface area (Å²) in [6.45, 7) is 3.00. The minimum absolute atomic E-state index is 0.185. The van der Waals surface area contributed by atoms with Gasteiger partial charge in [-0.15, -0.1) is 11.8 Å². The van der Waals surface area contributed by atoms with Gasteiger partial charge in [-0.05, 0) is 42.0 Å². The number of carbonyl (C=O) groups excluding carboxylic acids is 2. The first-order valence-corrected chi connectivity index (χ1v) is 10.1. The number of hydrogen-bond donors (Lipinski definition) is 1. The number of esters is 2. The number of benzene rings is 2. The van der Waals surface area contributed by atoms with E-state index < -0.39 is 17.7 Å². The second-order valence-electron chi connectivity index (χ2n) is 6.43. The first kappa shape index (κ1) is 20.6. The fourth-order valence-corrected chi connectivity index (χ4v) is 3.84. The molecule has 1 heterocycles. The van der Waals surface area contributed by atoms with E-state index >= 15 is 0 Å². The number of cyclic esters (lactones) is 2. The van der Waals surface area contributed by atoms with Crippen LogP contribution >= 0.6 is 35.0 Å². The molecule has 3 rings (SSSR count). The van der Waals surface area contributed by atoms with E-state index in [0.717, 1.165) is 10.5 Å².